The largest absolute Gasteiger partial charge is 0.377 e. The van der Waals surface area contributed by atoms with Crippen LogP contribution < -0.4 is 5.32 Å². The first-order valence-electron chi connectivity index (χ1n) is 6.84. The van der Waals surface area contributed by atoms with Crippen molar-refractivity contribution < 1.29 is 4.74 Å². The molecule has 2 nitrogen and oxygen atoms in total. The van der Waals surface area contributed by atoms with E-state index in [9.17, 15) is 0 Å². The van der Waals surface area contributed by atoms with E-state index < -0.39 is 0 Å². The van der Waals surface area contributed by atoms with Gasteiger partial charge in [0.05, 0.1) is 6.10 Å². The Balaban J connectivity index is 2.07. The maximum absolute atomic E-state index is 5.91. The van der Waals surface area contributed by atoms with Gasteiger partial charge in [-0.15, -0.1) is 0 Å². The highest BCUT2D eigenvalue weighted by Crippen LogP contribution is 2.23. The first-order valence-corrected chi connectivity index (χ1v) is 6.84. The molecule has 1 rings (SSSR count). The molecule has 1 fully saturated rings. The van der Waals surface area contributed by atoms with Crippen LogP contribution in [0.15, 0.2) is 0 Å². The van der Waals surface area contributed by atoms with E-state index in [0.717, 1.165) is 19.1 Å². The molecule has 0 amide bonds. The average molecular weight is 227 g/mol. The van der Waals surface area contributed by atoms with Gasteiger partial charge in [-0.25, -0.2) is 0 Å². The van der Waals surface area contributed by atoms with Crippen molar-refractivity contribution in [1.82, 2.24) is 5.32 Å². The second kappa shape index (κ2) is 6.61. The predicted octanol–water partition coefficient (Wildman–Crippen LogP) is 3.36. The Morgan fingerprint density at radius 3 is 2.38 bits per heavy atom. The fraction of sp³-hybridized carbons (Fsp3) is 1.00. The summed E-state index contributed by atoms with van der Waals surface area (Å²) in [6.07, 6.45) is 7.32. The molecule has 1 aliphatic rings. The second-order valence-electron chi connectivity index (χ2n) is 6.28. The fourth-order valence-electron chi connectivity index (χ4n) is 2.16. The Morgan fingerprint density at radius 1 is 1.19 bits per heavy atom. The smallest absolute Gasteiger partial charge is 0.0671 e. The fourth-order valence-corrected chi connectivity index (χ4v) is 2.16. The first-order chi connectivity index (χ1) is 7.47. The third-order valence-corrected chi connectivity index (χ3v) is 3.26. The topological polar surface area (TPSA) is 21.3 Å². The summed E-state index contributed by atoms with van der Waals surface area (Å²) in [5.74, 6) is 0.825. The Hall–Kier alpha value is -0.0800. The summed E-state index contributed by atoms with van der Waals surface area (Å²) in [6.45, 7) is 10.7. The summed E-state index contributed by atoms with van der Waals surface area (Å²) >= 11 is 0. The Bertz CT molecular complexity index is 180. The molecule has 16 heavy (non-hydrogen) atoms. The van der Waals surface area contributed by atoms with Gasteiger partial charge in [0.25, 0.3) is 0 Å². The van der Waals surface area contributed by atoms with Crippen LogP contribution in [0.3, 0.4) is 0 Å². The molecule has 1 atom stereocenters. The molecule has 0 saturated heterocycles. The van der Waals surface area contributed by atoms with Gasteiger partial charge in [0.1, 0.15) is 0 Å². The minimum Gasteiger partial charge on any atom is -0.377 e. The zero-order valence-electron chi connectivity index (χ0n) is 11.5. The van der Waals surface area contributed by atoms with Crippen LogP contribution in [0.1, 0.15) is 59.8 Å². The molecule has 1 N–H and O–H groups in total. The molecular weight excluding hydrogens is 198 g/mol. The van der Waals surface area contributed by atoms with Crippen molar-refractivity contribution in [2.75, 3.05) is 13.2 Å². The average Bonchev–Trinajstić information content (AvgIpc) is 2.24. The van der Waals surface area contributed by atoms with Crippen molar-refractivity contribution in [3.63, 3.8) is 0 Å². The van der Waals surface area contributed by atoms with Crippen molar-refractivity contribution in [3.05, 3.63) is 0 Å². The highest BCUT2D eigenvalue weighted by molar-refractivity contribution is 4.72. The molecule has 96 valence electrons. The summed E-state index contributed by atoms with van der Waals surface area (Å²) in [6, 6.07) is 0. The van der Waals surface area contributed by atoms with Crippen LogP contribution in [-0.2, 0) is 4.74 Å². The van der Waals surface area contributed by atoms with Gasteiger partial charge in [-0.1, -0.05) is 19.3 Å². The first kappa shape index (κ1) is 14.0. The Labute approximate surface area is 101 Å². The van der Waals surface area contributed by atoms with Gasteiger partial charge in [-0.2, -0.15) is 0 Å². The summed E-state index contributed by atoms with van der Waals surface area (Å²) in [5.41, 5.74) is 0.197. The molecule has 0 bridgehead atoms. The molecular formula is C14H29NO. The van der Waals surface area contributed by atoms with E-state index in [-0.39, 0.29) is 5.54 Å². The number of hydrogen-bond donors (Lipinski definition) is 1. The van der Waals surface area contributed by atoms with E-state index in [1.54, 1.807) is 0 Å². The zero-order valence-corrected chi connectivity index (χ0v) is 11.5. The molecule has 1 aliphatic carbocycles. The molecule has 0 aliphatic heterocycles. The zero-order chi connectivity index (χ0) is 12.0. The quantitative estimate of drug-likeness (QED) is 0.777. The third-order valence-electron chi connectivity index (χ3n) is 3.26. The molecule has 0 aromatic rings. The van der Waals surface area contributed by atoms with Crippen molar-refractivity contribution in [1.29, 1.82) is 0 Å². The van der Waals surface area contributed by atoms with Crippen LogP contribution in [-0.4, -0.2) is 24.8 Å². The van der Waals surface area contributed by atoms with E-state index in [0.29, 0.717) is 6.10 Å². The van der Waals surface area contributed by atoms with Crippen LogP contribution >= 0.6 is 0 Å². The standard InChI is InChI=1S/C14H29NO/c1-12(10-15-14(2,3)4)16-11-13-8-6-5-7-9-13/h12-13,15H,5-11H2,1-4H3. The van der Waals surface area contributed by atoms with Crippen molar-refractivity contribution in [2.24, 2.45) is 5.92 Å². The maximum atomic E-state index is 5.91. The van der Waals surface area contributed by atoms with Crippen molar-refractivity contribution >= 4 is 0 Å². The Morgan fingerprint density at radius 2 is 1.81 bits per heavy atom. The van der Waals surface area contributed by atoms with Gasteiger partial charge in [-0.05, 0) is 46.5 Å². The minimum atomic E-state index is 0.197. The molecule has 0 radical (unpaired) electrons. The van der Waals surface area contributed by atoms with Gasteiger partial charge < -0.3 is 10.1 Å². The van der Waals surface area contributed by atoms with Gasteiger partial charge >= 0.3 is 0 Å². The van der Waals surface area contributed by atoms with E-state index in [1.807, 2.05) is 0 Å². The molecule has 2 heteroatoms. The lowest BCUT2D eigenvalue weighted by atomic mass is 9.90. The lowest BCUT2D eigenvalue weighted by Gasteiger charge is -2.26. The summed E-state index contributed by atoms with van der Waals surface area (Å²) < 4.78 is 5.91. The number of ether oxygens (including phenoxy) is 1. The van der Waals surface area contributed by atoms with Crippen molar-refractivity contribution in [3.8, 4) is 0 Å². The van der Waals surface area contributed by atoms with Crippen LogP contribution in [0.4, 0.5) is 0 Å². The molecule has 1 unspecified atom stereocenters. The summed E-state index contributed by atoms with van der Waals surface area (Å²) in [5, 5.41) is 3.48. The van der Waals surface area contributed by atoms with E-state index in [4.69, 9.17) is 4.74 Å². The predicted molar refractivity (Wildman–Crippen MR) is 69.7 cm³/mol. The van der Waals surface area contributed by atoms with Gasteiger partial charge in [0.2, 0.25) is 0 Å². The van der Waals surface area contributed by atoms with E-state index in [1.165, 1.54) is 32.1 Å². The summed E-state index contributed by atoms with van der Waals surface area (Å²) in [4.78, 5) is 0. The van der Waals surface area contributed by atoms with Crippen LogP contribution in [0.5, 0.6) is 0 Å². The number of rotatable bonds is 5. The lowest BCUT2D eigenvalue weighted by molar-refractivity contribution is 0.0284. The van der Waals surface area contributed by atoms with Crippen LogP contribution in [0.2, 0.25) is 0 Å². The minimum absolute atomic E-state index is 0.197. The second-order valence-corrected chi connectivity index (χ2v) is 6.28. The molecule has 0 aromatic heterocycles. The molecule has 0 heterocycles. The maximum Gasteiger partial charge on any atom is 0.0671 e. The van der Waals surface area contributed by atoms with Crippen LogP contribution in [0.25, 0.3) is 0 Å². The SMILES string of the molecule is CC(CNC(C)(C)C)OCC1CCCCC1. The highest BCUT2D eigenvalue weighted by atomic mass is 16.5. The van der Waals surface area contributed by atoms with Crippen LogP contribution in [0, 0.1) is 5.92 Å². The van der Waals surface area contributed by atoms with Crippen molar-refractivity contribution in [2.45, 2.75) is 71.4 Å². The van der Waals surface area contributed by atoms with Gasteiger partial charge in [0, 0.05) is 18.7 Å². The number of nitrogens with one attached hydrogen (secondary N) is 1. The molecule has 0 spiro atoms. The molecule has 1 saturated carbocycles. The van der Waals surface area contributed by atoms with E-state index in [2.05, 4.69) is 33.0 Å². The Kier molecular flexibility index (Phi) is 5.77. The summed E-state index contributed by atoms with van der Waals surface area (Å²) in [7, 11) is 0. The molecule has 0 aromatic carbocycles. The monoisotopic (exact) mass is 227 g/mol. The van der Waals surface area contributed by atoms with Gasteiger partial charge in [0.15, 0.2) is 0 Å². The number of hydrogen-bond acceptors (Lipinski definition) is 2. The van der Waals surface area contributed by atoms with E-state index >= 15 is 0 Å². The third kappa shape index (κ3) is 6.49. The van der Waals surface area contributed by atoms with Gasteiger partial charge in [-0.3, -0.25) is 0 Å². The lowest BCUT2D eigenvalue weighted by Crippen LogP contribution is -2.41. The highest BCUT2D eigenvalue weighted by Gasteiger charge is 2.16. The normalized spacial score (nSPS) is 21.0.